The van der Waals surface area contributed by atoms with E-state index in [1.165, 1.54) is 0 Å². The number of benzene rings is 2. The van der Waals surface area contributed by atoms with Crippen molar-refractivity contribution in [1.82, 2.24) is 4.72 Å². The summed E-state index contributed by atoms with van der Waals surface area (Å²) in [6.45, 7) is 4.07. The summed E-state index contributed by atoms with van der Waals surface area (Å²) in [5, 5.41) is 0. The molecule has 0 aliphatic carbocycles. The monoisotopic (exact) mass is 303 g/mol. The van der Waals surface area contributed by atoms with E-state index in [9.17, 15) is 8.42 Å². The van der Waals surface area contributed by atoms with Crippen molar-refractivity contribution >= 4 is 10.0 Å². The van der Waals surface area contributed by atoms with Crippen LogP contribution in [0.4, 0.5) is 0 Å². The maximum atomic E-state index is 12.6. The molecule has 0 saturated heterocycles. The topological polar surface area (TPSA) is 55.4 Å². The molecular formula is C16H17NO3S. The molecule has 0 saturated carbocycles. The van der Waals surface area contributed by atoms with Gasteiger partial charge in [-0.05, 0) is 31.5 Å². The Kier molecular flexibility index (Phi) is 3.47. The molecule has 0 spiro atoms. The number of para-hydroxylation sites is 1. The Morgan fingerprint density at radius 2 is 1.90 bits per heavy atom. The summed E-state index contributed by atoms with van der Waals surface area (Å²) in [5.41, 5.74) is 2.67. The second kappa shape index (κ2) is 5.16. The predicted molar refractivity (Wildman–Crippen MR) is 80.9 cm³/mol. The first kappa shape index (κ1) is 14.1. The van der Waals surface area contributed by atoms with E-state index < -0.39 is 10.0 Å². The zero-order valence-corrected chi connectivity index (χ0v) is 12.8. The fraction of sp³-hybridized carbons (Fsp3) is 0.250. The van der Waals surface area contributed by atoms with Gasteiger partial charge in [-0.15, -0.1) is 0 Å². The lowest BCUT2D eigenvalue weighted by Gasteiger charge is -2.14. The smallest absolute Gasteiger partial charge is 0.241 e. The van der Waals surface area contributed by atoms with Gasteiger partial charge in [-0.1, -0.05) is 35.9 Å². The molecule has 2 aromatic rings. The second-order valence-corrected chi connectivity index (χ2v) is 6.97. The third kappa shape index (κ3) is 2.66. The molecule has 3 rings (SSSR count). The molecule has 5 heteroatoms. The highest BCUT2D eigenvalue weighted by Gasteiger charge is 2.29. The Bertz CT molecular complexity index is 784. The minimum atomic E-state index is -3.56. The molecule has 1 unspecified atom stereocenters. The van der Waals surface area contributed by atoms with Crippen molar-refractivity contribution in [2.24, 2.45) is 0 Å². The standard InChI is InChI=1S/C16H17NO3S/c1-11-7-8-16(12(2)9-11)21(18,19)17-14-10-20-15-6-4-3-5-13(14)15/h3-9,14,17H,10H2,1-2H3. The van der Waals surface area contributed by atoms with Crippen molar-refractivity contribution in [3.8, 4) is 5.75 Å². The summed E-state index contributed by atoms with van der Waals surface area (Å²) in [7, 11) is -3.56. The average molecular weight is 303 g/mol. The second-order valence-electron chi connectivity index (χ2n) is 5.29. The van der Waals surface area contributed by atoms with Gasteiger partial charge in [0.15, 0.2) is 0 Å². The third-order valence-electron chi connectivity index (χ3n) is 3.62. The molecule has 4 nitrogen and oxygen atoms in total. The summed E-state index contributed by atoms with van der Waals surface area (Å²) in [5.74, 6) is 0.742. The number of ether oxygens (including phenoxy) is 1. The number of nitrogens with one attached hydrogen (secondary N) is 1. The SMILES string of the molecule is Cc1ccc(S(=O)(=O)NC2COc3ccccc32)c(C)c1. The average Bonchev–Trinajstić information content (AvgIpc) is 2.81. The largest absolute Gasteiger partial charge is 0.491 e. The van der Waals surface area contributed by atoms with Gasteiger partial charge >= 0.3 is 0 Å². The van der Waals surface area contributed by atoms with E-state index in [0.29, 0.717) is 11.5 Å². The summed E-state index contributed by atoms with van der Waals surface area (Å²) in [4.78, 5) is 0.317. The van der Waals surface area contributed by atoms with Crippen LogP contribution in [0.25, 0.3) is 0 Å². The van der Waals surface area contributed by atoms with Crippen LogP contribution in [-0.4, -0.2) is 15.0 Å². The van der Waals surface area contributed by atoms with Crippen LogP contribution in [0.1, 0.15) is 22.7 Å². The maximum Gasteiger partial charge on any atom is 0.241 e. The Morgan fingerprint density at radius 3 is 2.67 bits per heavy atom. The maximum absolute atomic E-state index is 12.6. The lowest BCUT2D eigenvalue weighted by atomic mass is 10.1. The van der Waals surface area contributed by atoms with E-state index in [1.807, 2.05) is 37.3 Å². The summed E-state index contributed by atoms with van der Waals surface area (Å²) in [6, 6.07) is 12.5. The Morgan fingerprint density at radius 1 is 1.14 bits per heavy atom. The fourth-order valence-electron chi connectivity index (χ4n) is 2.61. The van der Waals surface area contributed by atoms with Crippen LogP contribution < -0.4 is 9.46 Å². The molecule has 21 heavy (non-hydrogen) atoms. The van der Waals surface area contributed by atoms with Crippen molar-refractivity contribution in [1.29, 1.82) is 0 Å². The Labute approximate surface area is 124 Å². The van der Waals surface area contributed by atoms with Gasteiger partial charge in [0, 0.05) is 5.56 Å². The van der Waals surface area contributed by atoms with Gasteiger partial charge in [-0.3, -0.25) is 0 Å². The number of hydrogen-bond donors (Lipinski definition) is 1. The van der Waals surface area contributed by atoms with E-state index >= 15 is 0 Å². The normalized spacial score (nSPS) is 17.3. The van der Waals surface area contributed by atoms with Crippen LogP contribution in [-0.2, 0) is 10.0 Å². The molecule has 0 fully saturated rings. The number of sulfonamides is 1. The van der Waals surface area contributed by atoms with Crippen LogP contribution in [0.15, 0.2) is 47.4 Å². The van der Waals surface area contributed by atoms with E-state index in [1.54, 1.807) is 19.1 Å². The molecular weight excluding hydrogens is 286 g/mol. The lowest BCUT2D eigenvalue weighted by molar-refractivity contribution is 0.325. The minimum absolute atomic E-state index is 0.317. The zero-order valence-electron chi connectivity index (χ0n) is 12.0. The first-order chi connectivity index (χ1) is 9.97. The van der Waals surface area contributed by atoms with E-state index in [4.69, 9.17) is 4.74 Å². The van der Waals surface area contributed by atoms with Crippen LogP contribution in [0.2, 0.25) is 0 Å². The van der Waals surface area contributed by atoms with Crippen LogP contribution in [0.3, 0.4) is 0 Å². The molecule has 0 radical (unpaired) electrons. The summed E-state index contributed by atoms with van der Waals surface area (Å²) < 4.78 is 33.4. The van der Waals surface area contributed by atoms with Gasteiger partial charge in [-0.25, -0.2) is 13.1 Å². The molecule has 0 amide bonds. The highest BCUT2D eigenvalue weighted by molar-refractivity contribution is 7.89. The fourth-order valence-corrected chi connectivity index (χ4v) is 4.04. The molecule has 1 atom stereocenters. The molecule has 0 bridgehead atoms. The van der Waals surface area contributed by atoms with E-state index in [0.717, 1.165) is 22.4 Å². The van der Waals surface area contributed by atoms with Crippen LogP contribution >= 0.6 is 0 Å². The van der Waals surface area contributed by atoms with Gasteiger partial charge in [0.25, 0.3) is 0 Å². The Balaban J connectivity index is 1.91. The highest BCUT2D eigenvalue weighted by Crippen LogP contribution is 2.33. The van der Waals surface area contributed by atoms with Crippen molar-refractivity contribution in [2.45, 2.75) is 24.8 Å². The quantitative estimate of drug-likeness (QED) is 0.948. The van der Waals surface area contributed by atoms with E-state index in [2.05, 4.69) is 4.72 Å². The Hall–Kier alpha value is -1.85. The van der Waals surface area contributed by atoms with Crippen molar-refractivity contribution < 1.29 is 13.2 Å². The molecule has 1 N–H and O–H groups in total. The van der Waals surface area contributed by atoms with Gasteiger partial charge in [0.2, 0.25) is 10.0 Å². The first-order valence-corrected chi connectivity index (χ1v) is 8.27. The van der Waals surface area contributed by atoms with Gasteiger partial charge in [-0.2, -0.15) is 0 Å². The number of hydrogen-bond acceptors (Lipinski definition) is 3. The van der Waals surface area contributed by atoms with Gasteiger partial charge < -0.3 is 4.74 Å². The van der Waals surface area contributed by atoms with Crippen LogP contribution in [0.5, 0.6) is 5.75 Å². The summed E-state index contributed by atoms with van der Waals surface area (Å²) in [6.07, 6.45) is 0. The first-order valence-electron chi connectivity index (χ1n) is 6.79. The number of fused-ring (bicyclic) bond motifs is 1. The highest BCUT2D eigenvalue weighted by atomic mass is 32.2. The van der Waals surface area contributed by atoms with E-state index in [-0.39, 0.29) is 6.04 Å². The lowest BCUT2D eigenvalue weighted by Crippen LogP contribution is -2.30. The molecule has 1 heterocycles. The minimum Gasteiger partial charge on any atom is -0.491 e. The molecule has 1 aliphatic rings. The zero-order chi connectivity index (χ0) is 15.0. The van der Waals surface area contributed by atoms with Gasteiger partial charge in [0.05, 0.1) is 10.9 Å². The van der Waals surface area contributed by atoms with Crippen molar-refractivity contribution in [3.63, 3.8) is 0 Å². The third-order valence-corrected chi connectivity index (χ3v) is 5.25. The number of rotatable bonds is 3. The van der Waals surface area contributed by atoms with Gasteiger partial charge in [0.1, 0.15) is 12.4 Å². The predicted octanol–water partition coefficient (Wildman–Crippen LogP) is 2.72. The molecule has 2 aromatic carbocycles. The van der Waals surface area contributed by atoms with Crippen molar-refractivity contribution in [2.75, 3.05) is 6.61 Å². The molecule has 0 aromatic heterocycles. The van der Waals surface area contributed by atoms with Crippen molar-refractivity contribution in [3.05, 3.63) is 59.2 Å². The summed E-state index contributed by atoms with van der Waals surface area (Å²) >= 11 is 0. The van der Waals surface area contributed by atoms with Crippen LogP contribution in [0, 0.1) is 13.8 Å². The molecule has 110 valence electrons. The number of aryl methyl sites for hydroxylation is 2. The molecule has 1 aliphatic heterocycles.